The quantitative estimate of drug-likeness (QED) is 0.468. The second kappa shape index (κ2) is 9.08. The lowest BCUT2D eigenvalue weighted by atomic mass is 9.88. The van der Waals surface area contributed by atoms with Crippen LogP contribution in [0.25, 0.3) is 22.3 Å². The van der Waals surface area contributed by atoms with Crippen LogP contribution in [0.1, 0.15) is 35.2 Å². The molecule has 0 unspecified atom stereocenters. The van der Waals surface area contributed by atoms with E-state index in [9.17, 15) is 15.0 Å². The third-order valence-corrected chi connectivity index (χ3v) is 7.10. The summed E-state index contributed by atoms with van der Waals surface area (Å²) < 4.78 is 0. The van der Waals surface area contributed by atoms with Crippen molar-refractivity contribution in [3.05, 3.63) is 65.9 Å². The van der Waals surface area contributed by atoms with Gasteiger partial charge in [0, 0.05) is 54.8 Å². The summed E-state index contributed by atoms with van der Waals surface area (Å²) in [6.45, 7) is 2.19. The summed E-state index contributed by atoms with van der Waals surface area (Å²) in [6.07, 6.45) is 4.34. The Morgan fingerprint density at radius 2 is 1.74 bits per heavy atom. The second-order valence-corrected chi connectivity index (χ2v) is 9.27. The number of hydrogen-bond acceptors (Lipinski definition) is 6. The molecule has 7 nitrogen and oxygen atoms in total. The number of piperidine rings is 1. The zero-order chi connectivity index (χ0) is 23.7. The standard InChI is InChI=1S/C27H30N4O3/c28-25-24(19-3-6-23-20(15-19)7-11-29-26(23)33)16-21(17-30-25)18-1-4-22(5-2-18)31-12-8-27(34,9-13-31)10-14-32/h1-6,15-17,32,34H,7-14H2,(H2,28,30)(H,29,33). The number of nitrogens with zero attached hydrogens (tertiary/aromatic N) is 2. The van der Waals surface area contributed by atoms with Gasteiger partial charge in [0.1, 0.15) is 5.82 Å². The fraction of sp³-hybridized carbons (Fsp3) is 0.333. The fourth-order valence-corrected chi connectivity index (χ4v) is 4.96. The van der Waals surface area contributed by atoms with Gasteiger partial charge in [-0.15, -0.1) is 0 Å². The first-order valence-electron chi connectivity index (χ1n) is 11.8. The average Bonchev–Trinajstić information content (AvgIpc) is 2.85. The number of hydrogen-bond donors (Lipinski definition) is 4. The van der Waals surface area contributed by atoms with E-state index in [0.29, 0.717) is 31.6 Å². The molecule has 3 heterocycles. The van der Waals surface area contributed by atoms with Crippen molar-refractivity contribution < 1.29 is 15.0 Å². The minimum absolute atomic E-state index is 0.0175. The number of aromatic nitrogens is 1. The molecule has 5 N–H and O–H groups in total. The van der Waals surface area contributed by atoms with E-state index in [1.807, 2.05) is 18.2 Å². The number of nitrogens with two attached hydrogens (primary N) is 1. The van der Waals surface area contributed by atoms with Crippen LogP contribution >= 0.6 is 0 Å². The third kappa shape index (κ3) is 4.36. The lowest BCUT2D eigenvalue weighted by Gasteiger charge is -2.39. The molecule has 2 aliphatic rings. The maximum atomic E-state index is 12.1. The number of amides is 1. The Kier molecular flexibility index (Phi) is 5.98. The fourth-order valence-electron chi connectivity index (χ4n) is 4.96. The Morgan fingerprint density at radius 1 is 1.00 bits per heavy atom. The topological polar surface area (TPSA) is 112 Å². The van der Waals surface area contributed by atoms with Crippen molar-refractivity contribution in [2.75, 3.05) is 36.9 Å². The Labute approximate surface area is 199 Å². The molecule has 0 radical (unpaired) electrons. The summed E-state index contributed by atoms with van der Waals surface area (Å²) in [5.41, 5.74) is 12.2. The molecule has 0 aliphatic carbocycles. The number of aliphatic hydroxyl groups is 2. The van der Waals surface area contributed by atoms with Crippen molar-refractivity contribution in [3.8, 4) is 22.3 Å². The van der Waals surface area contributed by atoms with E-state index in [0.717, 1.165) is 58.6 Å². The van der Waals surface area contributed by atoms with Gasteiger partial charge in [0.2, 0.25) is 0 Å². The minimum Gasteiger partial charge on any atom is -0.396 e. The molecule has 0 spiro atoms. The maximum absolute atomic E-state index is 12.1. The number of fused-ring (bicyclic) bond motifs is 1. The van der Waals surface area contributed by atoms with Crippen LogP contribution in [0.5, 0.6) is 0 Å². The largest absolute Gasteiger partial charge is 0.396 e. The van der Waals surface area contributed by atoms with Gasteiger partial charge in [-0.2, -0.15) is 0 Å². The first-order valence-corrected chi connectivity index (χ1v) is 11.8. The van der Waals surface area contributed by atoms with E-state index < -0.39 is 5.60 Å². The summed E-state index contributed by atoms with van der Waals surface area (Å²) in [7, 11) is 0. The van der Waals surface area contributed by atoms with Crippen molar-refractivity contribution in [1.82, 2.24) is 10.3 Å². The van der Waals surface area contributed by atoms with Crippen LogP contribution in [0.3, 0.4) is 0 Å². The van der Waals surface area contributed by atoms with E-state index in [-0.39, 0.29) is 12.5 Å². The van der Waals surface area contributed by atoms with Gasteiger partial charge in [0.25, 0.3) is 5.91 Å². The van der Waals surface area contributed by atoms with Crippen molar-refractivity contribution in [1.29, 1.82) is 0 Å². The number of aliphatic hydroxyl groups excluding tert-OH is 1. The number of anilines is 2. The average molecular weight is 459 g/mol. The molecule has 0 atom stereocenters. The highest BCUT2D eigenvalue weighted by Gasteiger charge is 2.31. The molecule has 1 fully saturated rings. The van der Waals surface area contributed by atoms with E-state index in [1.165, 1.54) is 0 Å². The molecule has 3 aromatic rings. The highest BCUT2D eigenvalue weighted by Crippen LogP contribution is 2.33. The molecule has 176 valence electrons. The molecule has 34 heavy (non-hydrogen) atoms. The molecule has 7 heteroatoms. The van der Waals surface area contributed by atoms with Crippen LogP contribution in [0.2, 0.25) is 0 Å². The monoisotopic (exact) mass is 458 g/mol. The van der Waals surface area contributed by atoms with Gasteiger partial charge in [0.15, 0.2) is 0 Å². The Hall–Kier alpha value is -3.42. The highest BCUT2D eigenvalue weighted by atomic mass is 16.3. The summed E-state index contributed by atoms with van der Waals surface area (Å²) in [5.74, 6) is 0.434. The van der Waals surface area contributed by atoms with Gasteiger partial charge < -0.3 is 26.2 Å². The van der Waals surface area contributed by atoms with Crippen LogP contribution in [0.4, 0.5) is 11.5 Å². The SMILES string of the molecule is Nc1ncc(-c2ccc(N3CCC(O)(CCO)CC3)cc2)cc1-c1ccc2c(c1)CCNC2=O. The molecule has 5 rings (SSSR count). The molecule has 0 bridgehead atoms. The minimum atomic E-state index is -0.752. The van der Waals surface area contributed by atoms with E-state index >= 15 is 0 Å². The molecular weight excluding hydrogens is 428 g/mol. The van der Waals surface area contributed by atoms with Gasteiger partial charge in [-0.3, -0.25) is 4.79 Å². The summed E-state index contributed by atoms with van der Waals surface area (Å²) in [6, 6.07) is 16.2. The lowest BCUT2D eigenvalue weighted by Crippen LogP contribution is -2.44. The van der Waals surface area contributed by atoms with Crippen molar-refractivity contribution in [3.63, 3.8) is 0 Å². The number of pyridine rings is 1. The number of benzene rings is 2. The Balaban J connectivity index is 1.36. The lowest BCUT2D eigenvalue weighted by molar-refractivity contribution is -0.00534. The molecule has 1 saturated heterocycles. The van der Waals surface area contributed by atoms with Crippen LogP contribution in [-0.4, -0.2) is 52.9 Å². The van der Waals surface area contributed by atoms with Gasteiger partial charge in [-0.25, -0.2) is 4.98 Å². The van der Waals surface area contributed by atoms with E-state index in [1.54, 1.807) is 6.20 Å². The summed E-state index contributed by atoms with van der Waals surface area (Å²) in [5, 5.41) is 22.6. The highest BCUT2D eigenvalue weighted by molar-refractivity contribution is 5.97. The molecule has 2 aliphatic heterocycles. The van der Waals surface area contributed by atoms with Gasteiger partial charge in [-0.05, 0) is 66.6 Å². The van der Waals surface area contributed by atoms with Crippen LogP contribution < -0.4 is 16.0 Å². The van der Waals surface area contributed by atoms with Crippen LogP contribution in [0, 0.1) is 0 Å². The van der Waals surface area contributed by atoms with E-state index in [2.05, 4.69) is 45.5 Å². The molecule has 0 saturated carbocycles. The van der Waals surface area contributed by atoms with Crippen molar-refractivity contribution in [2.45, 2.75) is 31.3 Å². The molecular formula is C27H30N4O3. The number of nitrogens with one attached hydrogen (secondary N) is 1. The van der Waals surface area contributed by atoms with Gasteiger partial charge in [0.05, 0.1) is 5.60 Å². The van der Waals surface area contributed by atoms with Gasteiger partial charge >= 0.3 is 0 Å². The van der Waals surface area contributed by atoms with Crippen molar-refractivity contribution in [2.24, 2.45) is 0 Å². The Bertz CT molecular complexity index is 1200. The summed E-state index contributed by atoms with van der Waals surface area (Å²) >= 11 is 0. The zero-order valence-electron chi connectivity index (χ0n) is 19.1. The second-order valence-electron chi connectivity index (χ2n) is 9.27. The molecule has 1 aromatic heterocycles. The smallest absolute Gasteiger partial charge is 0.251 e. The normalized spacial score (nSPS) is 17.2. The number of rotatable bonds is 5. The van der Waals surface area contributed by atoms with Gasteiger partial charge in [-0.1, -0.05) is 24.3 Å². The predicted octanol–water partition coefficient (Wildman–Crippen LogP) is 3.00. The van der Waals surface area contributed by atoms with Crippen LogP contribution in [0.15, 0.2) is 54.7 Å². The van der Waals surface area contributed by atoms with Crippen molar-refractivity contribution >= 4 is 17.4 Å². The first kappa shape index (κ1) is 22.4. The molecule has 1 amide bonds. The zero-order valence-corrected chi connectivity index (χ0v) is 19.1. The number of carbonyl (C=O) groups excluding carboxylic acids is 1. The van der Waals surface area contributed by atoms with Crippen LogP contribution in [-0.2, 0) is 6.42 Å². The first-order chi connectivity index (χ1) is 16.5. The Morgan fingerprint density at radius 3 is 2.47 bits per heavy atom. The number of nitrogen functional groups attached to an aromatic ring is 1. The maximum Gasteiger partial charge on any atom is 0.251 e. The van der Waals surface area contributed by atoms with E-state index in [4.69, 9.17) is 5.73 Å². The number of carbonyl (C=O) groups is 1. The molecule has 2 aromatic carbocycles. The summed E-state index contributed by atoms with van der Waals surface area (Å²) in [4.78, 5) is 18.8. The third-order valence-electron chi connectivity index (χ3n) is 7.10. The predicted molar refractivity (Wildman–Crippen MR) is 134 cm³/mol.